The van der Waals surface area contributed by atoms with Crippen LogP contribution in [0.1, 0.15) is 29.2 Å². The largest absolute Gasteiger partial charge is 0.477 e. The van der Waals surface area contributed by atoms with Crippen molar-refractivity contribution in [2.75, 3.05) is 24.2 Å². The maximum absolute atomic E-state index is 15.5. The molecule has 2 fully saturated rings. The van der Waals surface area contributed by atoms with Gasteiger partial charge in [-0.25, -0.2) is 13.6 Å². The second-order valence-electron chi connectivity index (χ2n) is 7.08. The number of pyridine rings is 1. The highest BCUT2D eigenvalue weighted by Crippen LogP contribution is 2.40. The Balaban J connectivity index is 0.00000225. The van der Waals surface area contributed by atoms with Gasteiger partial charge in [0, 0.05) is 36.6 Å². The summed E-state index contributed by atoms with van der Waals surface area (Å²) in [6.07, 6.45) is 4.59. The van der Waals surface area contributed by atoms with E-state index in [4.69, 9.17) is 5.73 Å². The molecule has 3 N–H and O–H groups in total. The highest BCUT2D eigenvalue weighted by Gasteiger charge is 2.35. The zero-order chi connectivity index (χ0) is 19.5. The van der Waals surface area contributed by atoms with Crippen molar-refractivity contribution in [3.8, 4) is 0 Å². The Morgan fingerprint density at radius 1 is 1.32 bits per heavy atom. The summed E-state index contributed by atoms with van der Waals surface area (Å²) >= 11 is 1.55. The fourth-order valence-electron chi connectivity index (χ4n) is 3.75. The van der Waals surface area contributed by atoms with E-state index in [9.17, 15) is 19.1 Å². The summed E-state index contributed by atoms with van der Waals surface area (Å²) in [6.45, 7) is 0.717. The van der Waals surface area contributed by atoms with Crippen LogP contribution in [0.5, 0.6) is 0 Å². The van der Waals surface area contributed by atoms with Crippen molar-refractivity contribution >= 4 is 46.7 Å². The number of nitrogens with two attached hydrogens (primary N) is 1. The molecule has 2 heterocycles. The van der Waals surface area contributed by atoms with Crippen LogP contribution >= 0.6 is 24.2 Å². The molecule has 28 heavy (non-hydrogen) atoms. The highest BCUT2D eigenvalue weighted by atomic mass is 35.5. The number of aromatic nitrogens is 1. The molecule has 2 aromatic rings. The first-order chi connectivity index (χ1) is 12.8. The number of anilines is 1. The number of hydrogen-bond acceptors (Lipinski definition) is 5. The Bertz CT molecular complexity index is 1010. The normalized spacial score (nSPS) is 21.8. The third kappa shape index (κ3) is 3.25. The summed E-state index contributed by atoms with van der Waals surface area (Å²) in [5, 5.41) is 9.09. The van der Waals surface area contributed by atoms with Crippen LogP contribution < -0.4 is 16.1 Å². The van der Waals surface area contributed by atoms with Crippen LogP contribution in [0.15, 0.2) is 17.1 Å². The van der Waals surface area contributed by atoms with Crippen molar-refractivity contribution in [3.05, 3.63) is 39.7 Å². The molecule has 1 aliphatic carbocycles. The minimum Gasteiger partial charge on any atom is -0.477 e. The molecule has 2 atom stereocenters. The van der Waals surface area contributed by atoms with Crippen LogP contribution in [-0.4, -0.2) is 46.3 Å². The molecule has 4 rings (SSSR count). The fourth-order valence-corrected chi connectivity index (χ4v) is 4.51. The van der Waals surface area contributed by atoms with Crippen LogP contribution in [-0.2, 0) is 0 Å². The van der Waals surface area contributed by atoms with Crippen LogP contribution in [0.25, 0.3) is 10.9 Å². The number of thioether (sulfide) groups is 1. The van der Waals surface area contributed by atoms with Gasteiger partial charge in [0.15, 0.2) is 5.82 Å². The fraction of sp³-hybridized carbons (Fsp3) is 0.444. The smallest absolute Gasteiger partial charge is 0.341 e. The first kappa shape index (κ1) is 20.9. The van der Waals surface area contributed by atoms with Crippen molar-refractivity contribution in [1.29, 1.82) is 0 Å². The van der Waals surface area contributed by atoms with E-state index in [0.717, 1.165) is 18.9 Å². The number of fused-ring (bicyclic) bond motifs is 1. The molecule has 0 bridgehead atoms. The van der Waals surface area contributed by atoms with E-state index < -0.39 is 28.6 Å². The molecule has 1 aromatic carbocycles. The predicted molar refractivity (Wildman–Crippen MR) is 108 cm³/mol. The number of halogens is 3. The first-order valence-corrected chi connectivity index (χ1v) is 9.95. The molecule has 10 heteroatoms. The van der Waals surface area contributed by atoms with E-state index in [1.54, 1.807) is 16.7 Å². The van der Waals surface area contributed by atoms with Gasteiger partial charge in [-0.1, -0.05) is 0 Å². The summed E-state index contributed by atoms with van der Waals surface area (Å²) in [5.74, 6) is -3.12. The van der Waals surface area contributed by atoms with Gasteiger partial charge < -0.3 is 20.3 Å². The van der Waals surface area contributed by atoms with Gasteiger partial charge in [-0.15, -0.1) is 12.4 Å². The number of rotatable bonds is 4. The molecule has 0 spiro atoms. The van der Waals surface area contributed by atoms with Gasteiger partial charge in [-0.3, -0.25) is 4.79 Å². The van der Waals surface area contributed by atoms with Gasteiger partial charge in [0.2, 0.25) is 5.43 Å². The second-order valence-corrected chi connectivity index (χ2v) is 8.15. The van der Waals surface area contributed by atoms with E-state index in [1.807, 2.05) is 6.26 Å². The number of carboxylic acids is 1. The van der Waals surface area contributed by atoms with Crippen LogP contribution in [0, 0.1) is 11.6 Å². The number of carboxylic acid groups (broad SMARTS) is 1. The van der Waals surface area contributed by atoms with E-state index in [1.165, 1.54) is 10.8 Å². The monoisotopic (exact) mass is 431 g/mol. The lowest BCUT2D eigenvalue weighted by Crippen LogP contribution is -2.31. The second kappa shape index (κ2) is 7.53. The predicted octanol–water partition coefficient (Wildman–Crippen LogP) is 2.61. The zero-order valence-electron chi connectivity index (χ0n) is 15.0. The highest BCUT2D eigenvalue weighted by molar-refractivity contribution is 7.99. The van der Waals surface area contributed by atoms with Gasteiger partial charge in [0.25, 0.3) is 0 Å². The molecule has 0 radical (unpaired) electrons. The molecule has 1 saturated carbocycles. The first-order valence-electron chi connectivity index (χ1n) is 8.67. The molecule has 1 aliphatic heterocycles. The summed E-state index contributed by atoms with van der Waals surface area (Å²) in [7, 11) is 0. The lowest BCUT2D eigenvalue weighted by atomic mass is 10.1. The molecule has 2 aliphatic rings. The molecular formula is C18H20ClF2N3O3S. The molecular weight excluding hydrogens is 412 g/mol. The Morgan fingerprint density at radius 3 is 2.54 bits per heavy atom. The number of hydrogen-bond donors (Lipinski definition) is 2. The minimum atomic E-state index is -1.41. The van der Waals surface area contributed by atoms with Crippen molar-refractivity contribution in [1.82, 2.24) is 4.57 Å². The number of nitrogens with zero attached hydrogens (tertiary/aromatic N) is 2. The van der Waals surface area contributed by atoms with E-state index in [0.29, 0.717) is 13.1 Å². The Kier molecular flexibility index (Phi) is 5.62. The number of carbonyl (C=O) groups is 1. The lowest BCUT2D eigenvalue weighted by molar-refractivity contribution is 0.0695. The van der Waals surface area contributed by atoms with Crippen molar-refractivity contribution < 1.29 is 18.7 Å². The molecule has 152 valence electrons. The van der Waals surface area contributed by atoms with Crippen LogP contribution in [0.4, 0.5) is 14.5 Å². The maximum atomic E-state index is 15.5. The van der Waals surface area contributed by atoms with E-state index in [-0.39, 0.29) is 46.3 Å². The average Bonchev–Trinajstić information content (AvgIpc) is 3.38. The molecule has 6 nitrogen and oxygen atoms in total. The van der Waals surface area contributed by atoms with Gasteiger partial charge >= 0.3 is 5.97 Å². The summed E-state index contributed by atoms with van der Waals surface area (Å²) in [5.41, 5.74) is 4.47. The Labute approximate surface area is 170 Å². The zero-order valence-corrected chi connectivity index (χ0v) is 16.7. The Morgan fingerprint density at radius 2 is 2.00 bits per heavy atom. The molecule has 1 saturated heterocycles. The van der Waals surface area contributed by atoms with Gasteiger partial charge in [-0.2, -0.15) is 11.8 Å². The van der Waals surface area contributed by atoms with Crippen LogP contribution in [0.3, 0.4) is 0 Å². The van der Waals surface area contributed by atoms with Crippen LogP contribution in [0.2, 0.25) is 0 Å². The third-order valence-electron chi connectivity index (χ3n) is 5.28. The summed E-state index contributed by atoms with van der Waals surface area (Å²) in [6, 6.07) is 0.660. The van der Waals surface area contributed by atoms with Gasteiger partial charge in [-0.05, 0) is 25.2 Å². The molecule has 0 amide bonds. The molecule has 1 aromatic heterocycles. The van der Waals surface area contributed by atoms with Gasteiger partial charge in [0.1, 0.15) is 17.1 Å². The van der Waals surface area contributed by atoms with Crippen molar-refractivity contribution in [3.63, 3.8) is 0 Å². The van der Waals surface area contributed by atoms with Gasteiger partial charge in [0.05, 0.1) is 10.9 Å². The quantitative estimate of drug-likeness (QED) is 0.773. The lowest BCUT2D eigenvalue weighted by Gasteiger charge is -2.22. The maximum Gasteiger partial charge on any atom is 0.341 e. The minimum absolute atomic E-state index is 0. The van der Waals surface area contributed by atoms with E-state index >= 15 is 4.39 Å². The number of aromatic carboxylic acids is 1. The summed E-state index contributed by atoms with van der Waals surface area (Å²) in [4.78, 5) is 25.4. The summed E-state index contributed by atoms with van der Waals surface area (Å²) < 4.78 is 31.8. The van der Waals surface area contributed by atoms with E-state index in [2.05, 4.69) is 0 Å². The Hall–Kier alpha value is -1.84. The molecule has 0 unspecified atom stereocenters. The third-order valence-corrected chi connectivity index (χ3v) is 6.39. The van der Waals surface area contributed by atoms with Crippen molar-refractivity contribution in [2.24, 2.45) is 5.73 Å². The van der Waals surface area contributed by atoms with Crippen molar-refractivity contribution in [2.45, 2.75) is 30.2 Å². The number of benzene rings is 1. The SMILES string of the molecule is CS[C@H]1CN(c2c(F)cc3c(=O)c(C(=O)O)cn(C4CC4)c3c2F)C[C@@H]1N.Cl. The average molecular weight is 432 g/mol. The topological polar surface area (TPSA) is 88.6 Å². The standard InChI is InChI=1S/C18H19F2N3O3S.ClH/c1-27-13-7-22(6-12(13)21)16-11(19)4-9-15(14(16)20)23(8-2-3-8)5-10(17(9)24)18(25)26;/h4-5,8,12-13H,2-3,6-7,21H2,1H3,(H,25,26);1H/t12-,13-;/m0./s1.